The summed E-state index contributed by atoms with van der Waals surface area (Å²) >= 11 is 0. The Balaban J connectivity index is 1.87. The zero-order valence-corrected chi connectivity index (χ0v) is 12.3. The Morgan fingerprint density at radius 3 is 2.71 bits per heavy atom. The Kier molecular flexibility index (Phi) is 5.76. The molecule has 4 heteroatoms. The van der Waals surface area contributed by atoms with Crippen LogP contribution in [0.3, 0.4) is 0 Å². The summed E-state index contributed by atoms with van der Waals surface area (Å²) in [6.07, 6.45) is 5.19. The van der Waals surface area contributed by atoms with Crippen LogP contribution < -0.4 is 10.6 Å². The van der Waals surface area contributed by atoms with Gasteiger partial charge in [-0.2, -0.15) is 0 Å². The van der Waals surface area contributed by atoms with Crippen molar-refractivity contribution in [3.05, 3.63) is 59.9 Å². The van der Waals surface area contributed by atoms with Gasteiger partial charge in [0.2, 0.25) is 0 Å². The van der Waals surface area contributed by atoms with Crippen LogP contribution >= 0.6 is 0 Å². The second-order valence-corrected chi connectivity index (χ2v) is 4.88. The Labute approximate surface area is 125 Å². The summed E-state index contributed by atoms with van der Waals surface area (Å²) in [4.78, 5) is 16.0. The molecule has 0 bridgehead atoms. The van der Waals surface area contributed by atoms with Crippen LogP contribution in [-0.4, -0.2) is 24.0 Å². The molecule has 0 saturated carbocycles. The third-order valence-electron chi connectivity index (χ3n) is 3.12. The fourth-order valence-corrected chi connectivity index (χ4v) is 2.00. The van der Waals surface area contributed by atoms with Crippen molar-refractivity contribution in [3.8, 4) is 0 Å². The number of carbonyl (C=O) groups excluding carboxylic acids is 1. The van der Waals surface area contributed by atoms with Crippen LogP contribution in [0.5, 0.6) is 0 Å². The Hall–Kier alpha value is -2.36. The number of rotatable bonds is 7. The number of amides is 1. The Morgan fingerprint density at radius 1 is 1.14 bits per heavy atom. The van der Waals surface area contributed by atoms with Gasteiger partial charge in [-0.3, -0.25) is 9.78 Å². The molecular formula is C17H21N3O. The molecule has 0 aliphatic carbocycles. The average Bonchev–Trinajstić information content (AvgIpc) is 2.54. The van der Waals surface area contributed by atoms with Crippen molar-refractivity contribution in [1.29, 1.82) is 0 Å². The maximum Gasteiger partial charge on any atom is 0.252 e. The summed E-state index contributed by atoms with van der Waals surface area (Å²) in [6.45, 7) is 3.52. The van der Waals surface area contributed by atoms with Gasteiger partial charge in [-0.1, -0.05) is 37.3 Å². The minimum Gasteiger partial charge on any atom is -0.383 e. The molecule has 1 aromatic carbocycles. The number of carbonyl (C=O) groups is 1. The van der Waals surface area contributed by atoms with Crippen molar-refractivity contribution >= 4 is 11.6 Å². The van der Waals surface area contributed by atoms with Gasteiger partial charge >= 0.3 is 0 Å². The number of pyridine rings is 1. The molecule has 0 aliphatic rings. The molecule has 4 nitrogen and oxygen atoms in total. The van der Waals surface area contributed by atoms with E-state index in [-0.39, 0.29) is 5.91 Å². The SMILES string of the molecule is CCCNC(=O)c1cncc(NCCc2ccccc2)c1. The molecule has 2 N–H and O–H groups in total. The van der Waals surface area contributed by atoms with Gasteiger partial charge in [0, 0.05) is 25.5 Å². The highest BCUT2D eigenvalue weighted by Gasteiger charge is 2.05. The van der Waals surface area contributed by atoms with E-state index < -0.39 is 0 Å². The van der Waals surface area contributed by atoms with E-state index in [9.17, 15) is 4.79 Å². The van der Waals surface area contributed by atoms with Gasteiger partial charge < -0.3 is 10.6 Å². The molecule has 2 rings (SSSR count). The molecule has 0 aliphatic heterocycles. The van der Waals surface area contributed by atoms with Gasteiger partial charge in [-0.05, 0) is 24.5 Å². The van der Waals surface area contributed by atoms with Crippen LogP contribution in [0.2, 0.25) is 0 Å². The lowest BCUT2D eigenvalue weighted by Gasteiger charge is -2.08. The first-order chi connectivity index (χ1) is 10.3. The summed E-state index contributed by atoms with van der Waals surface area (Å²) < 4.78 is 0. The number of hydrogen-bond acceptors (Lipinski definition) is 3. The van der Waals surface area contributed by atoms with Crippen LogP contribution in [0.1, 0.15) is 29.3 Å². The Bertz CT molecular complexity index is 569. The highest BCUT2D eigenvalue weighted by Crippen LogP contribution is 2.09. The number of nitrogens with one attached hydrogen (secondary N) is 2. The first kappa shape index (κ1) is 15.0. The molecule has 1 aromatic heterocycles. The molecule has 1 amide bonds. The highest BCUT2D eigenvalue weighted by molar-refractivity contribution is 5.94. The first-order valence-electron chi connectivity index (χ1n) is 7.30. The smallest absolute Gasteiger partial charge is 0.252 e. The van der Waals surface area contributed by atoms with Crippen molar-refractivity contribution in [1.82, 2.24) is 10.3 Å². The number of anilines is 1. The summed E-state index contributed by atoms with van der Waals surface area (Å²) in [5.74, 6) is -0.0731. The second-order valence-electron chi connectivity index (χ2n) is 4.88. The maximum atomic E-state index is 11.9. The predicted molar refractivity (Wildman–Crippen MR) is 85.5 cm³/mol. The minimum atomic E-state index is -0.0731. The van der Waals surface area contributed by atoms with Crippen molar-refractivity contribution in [2.24, 2.45) is 0 Å². The van der Waals surface area contributed by atoms with Gasteiger partial charge in [0.15, 0.2) is 0 Å². The molecule has 0 radical (unpaired) electrons. The second kappa shape index (κ2) is 8.04. The fraction of sp³-hybridized carbons (Fsp3) is 0.294. The Morgan fingerprint density at radius 2 is 1.95 bits per heavy atom. The lowest BCUT2D eigenvalue weighted by Crippen LogP contribution is -2.24. The van der Waals surface area contributed by atoms with Crippen molar-refractivity contribution in [2.75, 3.05) is 18.4 Å². The van der Waals surface area contributed by atoms with Gasteiger partial charge in [0.1, 0.15) is 0 Å². The quantitative estimate of drug-likeness (QED) is 0.821. The molecule has 21 heavy (non-hydrogen) atoms. The number of nitrogens with zero attached hydrogens (tertiary/aromatic N) is 1. The molecule has 2 aromatic rings. The van der Waals surface area contributed by atoms with Crippen LogP contribution in [0.4, 0.5) is 5.69 Å². The zero-order chi connectivity index (χ0) is 14.9. The lowest BCUT2D eigenvalue weighted by atomic mass is 10.1. The van der Waals surface area contributed by atoms with Crippen molar-refractivity contribution in [2.45, 2.75) is 19.8 Å². The fourth-order valence-electron chi connectivity index (χ4n) is 2.00. The molecule has 0 fully saturated rings. The van der Waals surface area contributed by atoms with E-state index in [0.717, 1.165) is 25.1 Å². The molecule has 0 atom stereocenters. The largest absolute Gasteiger partial charge is 0.383 e. The zero-order valence-electron chi connectivity index (χ0n) is 12.3. The third kappa shape index (κ3) is 4.91. The molecule has 0 saturated heterocycles. The van der Waals surface area contributed by atoms with Gasteiger partial charge in [0.25, 0.3) is 5.91 Å². The maximum absolute atomic E-state index is 11.9. The molecular weight excluding hydrogens is 262 g/mol. The summed E-state index contributed by atoms with van der Waals surface area (Å²) in [5, 5.41) is 6.15. The number of aromatic nitrogens is 1. The summed E-state index contributed by atoms with van der Waals surface area (Å²) in [6, 6.07) is 12.1. The highest BCUT2D eigenvalue weighted by atomic mass is 16.1. The van der Waals surface area contributed by atoms with E-state index >= 15 is 0 Å². The van der Waals surface area contributed by atoms with Crippen LogP contribution in [0.15, 0.2) is 48.8 Å². The van der Waals surface area contributed by atoms with Crippen LogP contribution in [-0.2, 0) is 6.42 Å². The molecule has 110 valence electrons. The number of benzene rings is 1. The monoisotopic (exact) mass is 283 g/mol. The summed E-state index contributed by atoms with van der Waals surface area (Å²) in [5.41, 5.74) is 2.75. The summed E-state index contributed by atoms with van der Waals surface area (Å²) in [7, 11) is 0. The first-order valence-corrected chi connectivity index (χ1v) is 7.30. The van der Waals surface area contributed by atoms with E-state index in [1.165, 1.54) is 5.56 Å². The van der Waals surface area contributed by atoms with E-state index in [2.05, 4.69) is 27.8 Å². The topological polar surface area (TPSA) is 54.0 Å². The van der Waals surface area contributed by atoms with Gasteiger partial charge in [-0.15, -0.1) is 0 Å². The van der Waals surface area contributed by atoms with Crippen LogP contribution in [0.25, 0.3) is 0 Å². The van der Waals surface area contributed by atoms with E-state index in [1.807, 2.05) is 31.2 Å². The van der Waals surface area contributed by atoms with Crippen molar-refractivity contribution in [3.63, 3.8) is 0 Å². The molecule has 0 unspecified atom stereocenters. The average molecular weight is 283 g/mol. The van der Waals surface area contributed by atoms with E-state index in [1.54, 1.807) is 12.4 Å². The van der Waals surface area contributed by atoms with Crippen LogP contribution in [0, 0.1) is 0 Å². The van der Waals surface area contributed by atoms with E-state index in [0.29, 0.717) is 12.1 Å². The predicted octanol–water partition coefficient (Wildman–Crippen LogP) is 2.88. The standard InChI is InChI=1S/C17H21N3O/c1-2-9-20-17(21)15-11-16(13-18-12-15)19-10-8-14-6-4-3-5-7-14/h3-7,11-13,19H,2,8-10H2,1H3,(H,20,21). The third-order valence-corrected chi connectivity index (χ3v) is 3.12. The van der Waals surface area contributed by atoms with Crippen molar-refractivity contribution < 1.29 is 4.79 Å². The normalized spacial score (nSPS) is 10.1. The van der Waals surface area contributed by atoms with E-state index in [4.69, 9.17) is 0 Å². The van der Waals surface area contributed by atoms with Gasteiger partial charge in [0.05, 0.1) is 11.3 Å². The minimum absolute atomic E-state index is 0.0731. The number of hydrogen-bond donors (Lipinski definition) is 2. The lowest BCUT2D eigenvalue weighted by molar-refractivity contribution is 0.0953. The molecule has 1 heterocycles. The van der Waals surface area contributed by atoms with Gasteiger partial charge in [-0.25, -0.2) is 0 Å². The molecule has 0 spiro atoms.